The molecule has 2 aromatic carbocycles. The van der Waals surface area contributed by atoms with Gasteiger partial charge in [-0.15, -0.1) is 0 Å². The number of fused-ring (bicyclic) bond motifs is 1. The zero-order valence-electron chi connectivity index (χ0n) is 14.2. The average molecular weight is 383 g/mol. The Hall–Kier alpha value is -2.99. The van der Waals surface area contributed by atoms with Crippen molar-refractivity contribution in [1.82, 2.24) is 10.1 Å². The molecule has 6 nitrogen and oxygen atoms in total. The maximum atomic E-state index is 12.9. The summed E-state index contributed by atoms with van der Waals surface area (Å²) >= 11 is 6.28. The minimum absolute atomic E-state index is 0.0307. The summed E-state index contributed by atoms with van der Waals surface area (Å²) in [5.41, 5.74) is 2.01. The lowest BCUT2D eigenvalue weighted by Crippen LogP contribution is -2.45. The van der Waals surface area contributed by atoms with E-state index in [1.807, 2.05) is 42.5 Å². The maximum absolute atomic E-state index is 12.9. The number of hydrogen-bond donors (Lipinski definition) is 0. The van der Waals surface area contributed by atoms with Gasteiger partial charge in [0.1, 0.15) is 0 Å². The molecule has 1 amide bonds. The lowest BCUT2D eigenvalue weighted by molar-refractivity contribution is 0.0450. The molecule has 1 atom stereocenters. The molecule has 0 bridgehead atoms. The Morgan fingerprint density at radius 3 is 2.78 bits per heavy atom. The number of likely N-dealkylation sites (tertiary alicyclic amines) is 1. The highest BCUT2D eigenvalue weighted by Gasteiger charge is 2.36. The molecular weight excluding hydrogens is 368 g/mol. The number of carbonyl (C=O) groups excluding carboxylic acids is 1. The molecule has 0 N–H and O–H groups in total. The van der Waals surface area contributed by atoms with Crippen LogP contribution in [-0.4, -0.2) is 29.3 Å². The number of amides is 1. The van der Waals surface area contributed by atoms with Crippen molar-refractivity contribution in [2.45, 2.75) is 12.5 Å². The van der Waals surface area contributed by atoms with E-state index in [9.17, 15) is 4.79 Å². The number of carbonyl (C=O) groups is 1. The highest BCUT2D eigenvalue weighted by Crippen LogP contribution is 2.39. The van der Waals surface area contributed by atoms with E-state index < -0.39 is 0 Å². The van der Waals surface area contributed by atoms with E-state index in [1.54, 1.807) is 11.0 Å². The number of hydrogen-bond acceptors (Lipinski definition) is 5. The van der Waals surface area contributed by atoms with Crippen molar-refractivity contribution in [3.63, 3.8) is 0 Å². The van der Waals surface area contributed by atoms with Crippen molar-refractivity contribution in [2.24, 2.45) is 0 Å². The Labute approximate surface area is 160 Å². The third-order valence-corrected chi connectivity index (χ3v) is 5.28. The quantitative estimate of drug-likeness (QED) is 0.675. The first-order valence-corrected chi connectivity index (χ1v) is 9.00. The molecule has 2 aliphatic rings. The van der Waals surface area contributed by atoms with Crippen molar-refractivity contribution in [1.29, 1.82) is 0 Å². The first kappa shape index (κ1) is 16.2. The maximum Gasteiger partial charge on any atom is 0.276 e. The Morgan fingerprint density at radius 1 is 1.11 bits per heavy atom. The number of halogens is 1. The van der Waals surface area contributed by atoms with E-state index >= 15 is 0 Å². The molecule has 1 aromatic heterocycles. The fourth-order valence-corrected chi connectivity index (χ4v) is 3.67. The van der Waals surface area contributed by atoms with Crippen molar-refractivity contribution in [3.05, 3.63) is 64.8 Å². The van der Waals surface area contributed by atoms with Crippen molar-refractivity contribution in [2.75, 3.05) is 13.3 Å². The van der Waals surface area contributed by atoms with Gasteiger partial charge in [-0.2, -0.15) is 0 Å². The molecule has 7 heteroatoms. The summed E-state index contributed by atoms with van der Waals surface area (Å²) in [6.45, 7) is 0.873. The lowest BCUT2D eigenvalue weighted by Gasteiger charge is -2.41. The zero-order chi connectivity index (χ0) is 18.4. The average Bonchev–Trinajstić information content (AvgIpc) is 3.31. The van der Waals surface area contributed by atoms with Gasteiger partial charge >= 0.3 is 0 Å². The number of nitrogens with zero attached hydrogens (tertiary/aromatic N) is 2. The number of benzene rings is 2. The summed E-state index contributed by atoms with van der Waals surface area (Å²) in [4.78, 5) is 14.6. The first-order chi connectivity index (χ1) is 13.2. The van der Waals surface area contributed by atoms with Crippen LogP contribution in [0.15, 0.2) is 53.1 Å². The topological polar surface area (TPSA) is 64.8 Å². The van der Waals surface area contributed by atoms with E-state index in [1.165, 1.54) is 0 Å². The van der Waals surface area contributed by atoms with Crippen molar-refractivity contribution in [3.8, 4) is 22.8 Å². The van der Waals surface area contributed by atoms with Crippen LogP contribution in [0.5, 0.6) is 11.5 Å². The predicted molar refractivity (Wildman–Crippen MR) is 97.9 cm³/mol. The van der Waals surface area contributed by atoms with E-state index in [0.29, 0.717) is 28.8 Å². The van der Waals surface area contributed by atoms with Crippen LogP contribution in [0.25, 0.3) is 11.3 Å². The van der Waals surface area contributed by atoms with Crippen LogP contribution in [0.4, 0.5) is 0 Å². The van der Waals surface area contributed by atoms with E-state index in [-0.39, 0.29) is 24.4 Å². The molecule has 0 saturated carbocycles. The fraction of sp³-hybridized carbons (Fsp3) is 0.200. The van der Waals surface area contributed by atoms with Gasteiger partial charge in [0.15, 0.2) is 23.0 Å². The summed E-state index contributed by atoms with van der Waals surface area (Å²) < 4.78 is 16.1. The molecule has 1 unspecified atom stereocenters. The molecular formula is C20H15ClN2O4. The van der Waals surface area contributed by atoms with Crippen LogP contribution in [-0.2, 0) is 0 Å². The molecule has 3 aromatic rings. The summed E-state index contributed by atoms with van der Waals surface area (Å²) in [7, 11) is 0. The second-order valence-corrected chi connectivity index (χ2v) is 6.88. The van der Waals surface area contributed by atoms with Gasteiger partial charge in [-0.3, -0.25) is 4.79 Å². The van der Waals surface area contributed by atoms with E-state index in [2.05, 4.69) is 5.16 Å². The fourth-order valence-electron chi connectivity index (χ4n) is 3.41. The minimum atomic E-state index is -0.165. The summed E-state index contributed by atoms with van der Waals surface area (Å²) in [5.74, 6) is 1.68. The van der Waals surface area contributed by atoms with Crippen LogP contribution in [0.3, 0.4) is 0 Å². The van der Waals surface area contributed by atoms with Crippen molar-refractivity contribution < 1.29 is 18.8 Å². The molecule has 5 rings (SSSR count). The predicted octanol–water partition coefficient (Wildman–Crippen LogP) is 4.31. The molecule has 0 spiro atoms. The van der Waals surface area contributed by atoms with E-state index in [4.69, 9.17) is 25.6 Å². The normalized spacial score (nSPS) is 17.7. The van der Waals surface area contributed by atoms with Crippen LogP contribution < -0.4 is 9.47 Å². The van der Waals surface area contributed by atoms with Gasteiger partial charge in [-0.25, -0.2) is 0 Å². The highest BCUT2D eigenvalue weighted by molar-refractivity contribution is 6.31. The first-order valence-electron chi connectivity index (χ1n) is 8.63. The van der Waals surface area contributed by atoms with Gasteiger partial charge in [0.05, 0.1) is 6.04 Å². The van der Waals surface area contributed by atoms with Gasteiger partial charge in [-0.05, 0) is 36.2 Å². The monoisotopic (exact) mass is 382 g/mol. The largest absolute Gasteiger partial charge is 0.454 e. The van der Waals surface area contributed by atoms with Crippen LogP contribution in [0.2, 0.25) is 5.02 Å². The summed E-state index contributed by atoms with van der Waals surface area (Å²) in [6, 6.07) is 14.7. The zero-order valence-corrected chi connectivity index (χ0v) is 15.0. The minimum Gasteiger partial charge on any atom is -0.454 e. The second-order valence-electron chi connectivity index (χ2n) is 6.47. The lowest BCUT2D eigenvalue weighted by atomic mass is 9.94. The Balaban J connectivity index is 1.38. The van der Waals surface area contributed by atoms with Gasteiger partial charge in [0, 0.05) is 23.2 Å². The van der Waals surface area contributed by atoms with Crippen molar-refractivity contribution >= 4 is 17.5 Å². The SMILES string of the molecule is O=C(c1cc(-c2ccc3c(c2)OCO3)on1)N1CCC1c1ccccc1Cl. The third kappa shape index (κ3) is 2.73. The Morgan fingerprint density at radius 2 is 1.96 bits per heavy atom. The van der Waals surface area contributed by atoms with Gasteiger partial charge in [-0.1, -0.05) is 35.0 Å². The van der Waals surface area contributed by atoms with E-state index in [0.717, 1.165) is 17.5 Å². The van der Waals surface area contributed by atoms with Crippen LogP contribution >= 0.6 is 11.6 Å². The van der Waals surface area contributed by atoms with Crippen LogP contribution in [0.1, 0.15) is 28.5 Å². The van der Waals surface area contributed by atoms with Crippen LogP contribution in [0, 0.1) is 0 Å². The molecule has 1 fully saturated rings. The Bertz CT molecular complexity index is 1030. The molecule has 0 radical (unpaired) electrons. The molecule has 2 aliphatic heterocycles. The van der Waals surface area contributed by atoms with Gasteiger partial charge in [0.2, 0.25) is 6.79 Å². The number of rotatable bonds is 3. The summed E-state index contributed by atoms with van der Waals surface area (Å²) in [5, 5.41) is 4.64. The Kier molecular flexibility index (Phi) is 3.79. The smallest absolute Gasteiger partial charge is 0.276 e. The summed E-state index contributed by atoms with van der Waals surface area (Å²) in [6.07, 6.45) is 0.877. The third-order valence-electron chi connectivity index (χ3n) is 4.93. The standard InChI is InChI=1S/C20H15ClN2O4/c21-14-4-2-1-3-13(14)16-7-8-23(16)20(24)15-10-18(27-22-15)12-5-6-17-19(9-12)26-11-25-17/h1-6,9-10,16H,7-8,11H2. The molecule has 0 aliphatic carbocycles. The van der Waals surface area contributed by atoms with Gasteiger partial charge in [0.25, 0.3) is 5.91 Å². The van der Waals surface area contributed by atoms with Gasteiger partial charge < -0.3 is 18.9 Å². The molecule has 1 saturated heterocycles. The highest BCUT2D eigenvalue weighted by atomic mass is 35.5. The molecule has 27 heavy (non-hydrogen) atoms. The number of aromatic nitrogens is 1. The molecule has 136 valence electrons. The number of ether oxygens (including phenoxy) is 2. The molecule has 3 heterocycles. The second kappa shape index (κ2) is 6.32.